The van der Waals surface area contributed by atoms with Gasteiger partial charge in [-0.15, -0.1) is 0 Å². The van der Waals surface area contributed by atoms with Gasteiger partial charge < -0.3 is 11.1 Å². The van der Waals surface area contributed by atoms with E-state index in [-0.39, 0.29) is 11.9 Å². The molecule has 0 saturated carbocycles. The van der Waals surface area contributed by atoms with Crippen molar-refractivity contribution in [2.45, 2.75) is 32.2 Å². The fourth-order valence-electron chi connectivity index (χ4n) is 1.43. The molecule has 0 spiro atoms. The molecular formula is C12H19N3O. The minimum Gasteiger partial charge on any atom is -0.354 e. The van der Waals surface area contributed by atoms with Gasteiger partial charge in [0.1, 0.15) is 0 Å². The molecule has 1 amide bonds. The summed E-state index contributed by atoms with van der Waals surface area (Å²) in [5, 5.41) is 2.81. The lowest BCUT2D eigenvalue weighted by molar-refractivity contribution is -0.122. The second kappa shape index (κ2) is 6.95. The van der Waals surface area contributed by atoms with Crippen LogP contribution in [0.25, 0.3) is 0 Å². The third-order valence-corrected chi connectivity index (χ3v) is 2.34. The van der Waals surface area contributed by atoms with Gasteiger partial charge in [-0.25, -0.2) is 0 Å². The fourth-order valence-corrected chi connectivity index (χ4v) is 1.43. The SMILES string of the molecule is CCC[C@@H](N)C(=O)NCCc1ccccn1. The zero-order chi connectivity index (χ0) is 11.8. The van der Waals surface area contributed by atoms with E-state index < -0.39 is 0 Å². The first-order chi connectivity index (χ1) is 7.74. The fraction of sp³-hybridized carbons (Fsp3) is 0.500. The van der Waals surface area contributed by atoms with Crippen LogP contribution in [0.3, 0.4) is 0 Å². The zero-order valence-electron chi connectivity index (χ0n) is 9.65. The Balaban J connectivity index is 2.23. The van der Waals surface area contributed by atoms with E-state index in [4.69, 9.17) is 5.73 Å². The Hall–Kier alpha value is -1.42. The Labute approximate surface area is 96.3 Å². The van der Waals surface area contributed by atoms with Gasteiger partial charge in [-0.3, -0.25) is 9.78 Å². The molecule has 1 heterocycles. The van der Waals surface area contributed by atoms with Gasteiger partial charge in [-0.1, -0.05) is 19.4 Å². The zero-order valence-corrected chi connectivity index (χ0v) is 9.65. The number of pyridine rings is 1. The second-order valence-corrected chi connectivity index (χ2v) is 3.76. The standard InChI is InChI=1S/C12H19N3O/c1-2-5-11(13)12(16)15-9-7-10-6-3-4-8-14-10/h3-4,6,8,11H,2,5,7,9,13H2,1H3,(H,15,16)/t11-/m1/s1. The number of nitrogens with zero attached hydrogens (tertiary/aromatic N) is 1. The summed E-state index contributed by atoms with van der Waals surface area (Å²) in [6.07, 6.45) is 4.15. The number of rotatable bonds is 6. The molecule has 0 radical (unpaired) electrons. The molecule has 0 fully saturated rings. The van der Waals surface area contributed by atoms with Crippen LogP contribution < -0.4 is 11.1 Å². The van der Waals surface area contributed by atoms with Crippen molar-refractivity contribution in [1.29, 1.82) is 0 Å². The van der Waals surface area contributed by atoms with E-state index in [0.717, 1.165) is 25.0 Å². The summed E-state index contributed by atoms with van der Waals surface area (Å²) >= 11 is 0. The molecule has 4 nitrogen and oxygen atoms in total. The van der Waals surface area contributed by atoms with Crippen LogP contribution in [-0.4, -0.2) is 23.5 Å². The lowest BCUT2D eigenvalue weighted by Crippen LogP contribution is -2.41. The van der Waals surface area contributed by atoms with E-state index >= 15 is 0 Å². The highest BCUT2D eigenvalue weighted by Gasteiger charge is 2.10. The van der Waals surface area contributed by atoms with Crippen LogP contribution >= 0.6 is 0 Å². The molecule has 0 aromatic carbocycles. The van der Waals surface area contributed by atoms with Crippen LogP contribution in [0.5, 0.6) is 0 Å². The summed E-state index contributed by atoms with van der Waals surface area (Å²) in [6.45, 7) is 2.61. The maximum absolute atomic E-state index is 11.5. The van der Waals surface area contributed by atoms with E-state index in [1.807, 2.05) is 25.1 Å². The maximum Gasteiger partial charge on any atom is 0.236 e. The van der Waals surface area contributed by atoms with E-state index in [1.54, 1.807) is 6.20 Å². The Morgan fingerprint density at radius 1 is 1.56 bits per heavy atom. The molecule has 1 aromatic heterocycles. The van der Waals surface area contributed by atoms with Gasteiger partial charge in [-0.2, -0.15) is 0 Å². The van der Waals surface area contributed by atoms with Gasteiger partial charge >= 0.3 is 0 Å². The van der Waals surface area contributed by atoms with E-state index in [0.29, 0.717) is 6.54 Å². The predicted octanol–water partition coefficient (Wildman–Crippen LogP) is 0.868. The van der Waals surface area contributed by atoms with Crippen LogP contribution in [0.2, 0.25) is 0 Å². The number of hydrogen-bond donors (Lipinski definition) is 2. The number of amides is 1. The molecule has 1 aromatic rings. The highest BCUT2D eigenvalue weighted by molar-refractivity contribution is 5.81. The van der Waals surface area contributed by atoms with Crippen LogP contribution in [0, 0.1) is 0 Å². The largest absolute Gasteiger partial charge is 0.354 e. The summed E-state index contributed by atoms with van der Waals surface area (Å²) < 4.78 is 0. The van der Waals surface area contributed by atoms with Crippen molar-refractivity contribution in [3.8, 4) is 0 Å². The number of nitrogens with two attached hydrogens (primary N) is 1. The summed E-state index contributed by atoms with van der Waals surface area (Å²) in [6, 6.07) is 5.37. The van der Waals surface area contributed by atoms with Crippen LogP contribution in [0.15, 0.2) is 24.4 Å². The van der Waals surface area contributed by atoms with Crippen molar-refractivity contribution in [2.24, 2.45) is 5.73 Å². The number of hydrogen-bond acceptors (Lipinski definition) is 3. The van der Waals surface area contributed by atoms with Crippen molar-refractivity contribution < 1.29 is 4.79 Å². The summed E-state index contributed by atoms with van der Waals surface area (Å²) in [5.74, 6) is -0.0715. The van der Waals surface area contributed by atoms with Gasteiger partial charge in [0.25, 0.3) is 0 Å². The predicted molar refractivity (Wildman–Crippen MR) is 63.8 cm³/mol. The molecule has 88 valence electrons. The van der Waals surface area contributed by atoms with E-state index in [9.17, 15) is 4.79 Å². The quantitative estimate of drug-likeness (QED) is 0.749. The molecule has 4 heteroatoms. The molecule has 0 aliphatic heterocycles. The number of carbonyl (C=O) groups excluding carboxylic acids is 1. The summed E-state index contributed by atoms with van der Waals surface area (Å²) in [4.78, 5) is 15.6. The molecular weight excluding hydrogens is 202 g/mol. The van der Waals surface area contributed by atoms with Gasteiger partial charge in [-0.05, 0) is 18.6 Å². The minimum atomic E-state index is -0.381. The van der Waals surface area contributed by atoms with Gasteiger partial charge in [0.15, 0.2) is 0 Å². The highest BCUT2D eigenvalue weighted by atomic mass is 16.2. The molecule has 0 bridgehead atoms. The maximum atomic E-state index is 11.5. The molecule has 0 aliphatic carbocycles. The van der Waals surface area contributed by atoms with Crippen LogP contribution in [0.1, 0.15) is 25.5 Å². The lowest BCUT2D eigenvalue weighted by atomic mass is 10.1. The van der Waals surface area contributed by atoms with Crippen molar-refractivity contribution in [1.82, 2.24) is 10.3 Å². The van der Waals surface area contributed by atoms with Crippen molar-refractivity contribution >= 4 is 5.91 Å². The number of carbonyl (C=O) groups is 1. The van der Waals surface area contributed by atoms with Crippen molar-refractivity contribution in [3.63, 3.8) is 0 Å². The normalized spacial score (nSPS) is 12.1. The summed E-state index contributed by atoms with van der Waals surface area (Å²) in [7, 11) is 0. The monoisotopic (exact) mass is 221 g/mol. The third-order valence-electron chi connectivity index (χ3n) is 2.34. The summed E-state index contributed by atoms with van der Waals surface area (Å²) in [5.41, 5.74) is 6.66. The first-order valence-electron chi connectivity index (χ1n) is 5.67. The number of aromatic nitrogens is 1. The average molecular weight is 221 g/mol. The lowest BCUT2D eigenvalue weighted by Gasteiger charge is -2.10. The van der Waals surface area contributed by atoms with Crippen molar-refractivity contribution in [2.75, 3.05) is 6.54 Å². The smallest absolute Gasteiger partial charge is 0.236 e. The van der Waals surface area contributed by atoms with E-state index in [1.165, 1.54) is 0 Å². The Kier molecular flexibility index (Phi) is 5.50. The first kappa shape index (κ1) is 12.6. The second-order valence-electron chi connectivity index (χ2n) is 3.76. The van der Waals surface area contributed by atoms with Gasteiger partial charge in [0.2, 0.25) is 5.91 Å². The molecule has 1 rings (SSSR count). The first-order valence-corrected chi connectivity index (χ1v) is 5.67. The third kappa shape index (κ3) is 4.40. The number of nitrogens with one attached hydrogen (secondary N) is 1. The highest BCUT2D eigenvalue weighted by Crippen LogP contribution is 1.95. The van der Waals surface area contributed by atoms with Crippen molar-refractivity contribution in [3.05, 3.63) is 30.1 Å². The molecule has 0 aliphatic rings. The molecule has 16 heavy (non-hydrogen) atoms. The van der Waals surface area contributed by atoms with Gasteiger partial charge in [0, 0.05) is 24.9 Å². The van der Waals surface area contributed by atoms with Crippen LogP contribution in [0.4, 0.5) is 0 Å². The Morgan fingerprint density at radius 3 is 3.00 bits per heavy atom. The average Bonchev–Trinajstić information content (AvgIpc) is 2.30. The van der Waals surface area contributed by atoms with E-state index in [2.05, 4.69) is 10.3 Å². The minimum absolute atomic E-state index is 0.0715. The van der Waals surface area contributed by atoms with Gasteiger partial charge in [0.05, 0.1) is 6.04 Å². The molecule has 1 atom stereocenters. The topological polar surface area (TPSA) is 68.0 Å². The Bertz CT molecular complexity index is 313. The molecule has 0 unspecified atom stereocenters. The van der Waals surface area contributed by atoms with Crippen LogP contribution in [-0.2, 0) is 11.2 Å². The molecule has 3 N–H and O–H groups in total. The Morgan fingerprint density at radius 2 is 2.38 bits per heavy atom. The molecule has 0 saturated heterocycles.